The Bertz CT molecular complexity index is 637. The van der Waals surface area contributed by atoms with Gasteiger partial charge >= 0.3 is 0 Å². The molecule has 0 saturated carbocycles. The molecule has 0 aliphatic carbocycles. The van der Waals surface area contributed by atoms with E-state index in [1.165, 1.54) is 11.0 Å². The molecule has 2 heterocycles. The molecule has 0 bridgehead atoms. The Balaban J connectivity index is 1.71. The second-order valence-electron chi connectivity index (χ2n) is 6.12. The molecule has 0 aromatic heterocycles. The lowest BCUT2D eigenvalue weighted by atomic mass is 10.0. The van der Waals surface area contributed by atoms with E-state index in [0.29, 0.717) is 31.7 Å². The SMILES string of the molecule is Cc1ccc(F)c(CN2CCN3C(=O)[C@H](CO)NC(=O)[C@H]3C2)c1. The van der Waals surface area contributed by atoms with Gasteiger partial charge in [-0.05, 0) is 13.0 Å². The van der Waals surface area contributed by atoms with Crippen molar-refractivity contribution >= 4 is 11.8 Å². The van der Waals surface area contributed by atoms with E-state index in [4.69, 9.17) is 5.11 Å². The van der Waals surface area contributed by atoms with E-state index in [1.54, 1.807) is 12.1 Å². The summed E-state index contributed by atoms with van der Waals surface area (Å²) in [6.07, 6.45) is 0. The first-order chi connectivity index (χ1) is 11.0. The summed E-state index contributed by atoms with van der Waals surface area (Å²) in [7, 11) is 0. The molecule has 0 spiro atoms. The molecule has 7 heteroatoms. The first-order valence-corrected chi connectivity index (χ1v) is 7.68. The van der Waals surface area contributed by atoms with Crippen LogP contribution in [0, 0.1) is 12.7 Å². The Morgan fingerprint density at radius 3 is 2.87 bits per heavy atom. The molecule has 1 aromatic rings. The van der Waals surface area contributed by atoms with Crippen LogP contribution in [0.4, 0.5) is 4.39 Å². The Kier molecular flexibility index (Phi) is 4.32. The van der Waals surface area contributed by atoms with Crippen LogP contribution < -0.4 is 5.32 Å². The number of nitrogens with zero attached hydrogens (tertiary/aromatic N) is 2. The maximum absolute atomic E-state index is 13.9. The van der Waals surface area contributed by atoms with Crippen LogP contribution in [0.1, 0.15) is 11.1 Å². The smallest absolute Gasteiger partial charge is 0.248 e. The predicted octanol–water partition coefficient (Wildman–Crippen LogP) is -0.362. The second kappa shape index (κ2) is 6.25. The Hall–Kier alpha value is -1.99. The zero-order chi connectivity index (χ0) is 16.6. The largest absolute Gasteiger partial charge is 0.394 e. The highest BCUT2D eigenvalue weighted by atomic mass is 19.1. The van der Waals surface area contributed by atoms with Gasteiger partial charge in [-0.2, -0.15) is 0 Å². The highest BCUT2D eigenvalue weighted by Crippen LogP contribution is 2.19. The number of piperazine rings is 2. The van der Waals surface area contributed by atoms with Gasteiger partial charge in [-0.25, -0.2) is 4.39 Å². The number of carbonyl (C=O) groups excluding carboxylic acids is 2. The molecule has 0 unspecified atom stereocenters. The van der Waals surface area contributed by atoms with E-state index in [1.807, 2.05) is 11.8 Å². The van der Waals surface area contributed by atoms with Crippen molar-refractivity contribution in [3.05, 3.63) is 35.1 Å². The number of aliphatic hydroxyl groups excluding tert-OH is 1. The van der Waals surface area contributed by atoms with Crippen LogP contribution in [0.3, 0.4) is 0 Å². The molecule has 124 valence electrons. The summed E-state index contributed by atoms with van der Waals surface area (Å²) < 4.78 is 13.9. The molecule has 2 fully saturated rings. The number of rotatable bonds is 3. The van der Waals surface area contributed by atoms with Crippen molar-refractivity contribution < 1.29 is 19.1 Å². The van der Waals surface area contributed by atoms with Gasteiger partial charge in [0.2, 0.25) is 11.8 Å². The predicted molar refractivity (Wildman–Crippen MR) is 80.9 cm³/mol. The quantitative estimate of drug-likeness (QED) is 0.797. The second-order valence-corrected chi connectivity index (χ2v) is 6.12. The van der Waals surface area contributed by atoms with Crippen LogP contribution in [0.15, 0.2) is 18.2 Å². The van der Waals surface area contributed by atoms with Gasteiger partial charge in [0.1, 0.15) is 17.9 Å². The molecule has 3 rings (SSSR count). The van der Waals surface area contributed by atoms with Gasteiger partial charge < -0.3 is 15.3 Å². The van der Waals surface area contributed by atoms with Crippen molar-refractivity contribution in [3.8, 4) is 0 Å². The average molecular weight is 321 g/mol. The zero-order valence-corrected chi connectivity index (χ0v) is 13.0. The number of halogens is 1. The number of carbonyl (C=O) groups is 2. The van der Waals surface area contributed by atoms with Crippen LogP contribution in [0.2, 0.25) is 0 Å². The lowest BCUT2D eigenvalue weighted by Gasteiger charge is -2.45. The standard InChI is InChI=1S/C16H20FN3O3/c1-10-2-3-12(17)11(6-10)7-19-4-5-20-14(8-19)15(22)18-13(9-21)16(20)23/h2-3,6,13-14,21H,4-5,7-9H2,1H3,(H,18,22)/t13-,14+/m0/s1. The fourth-order valence-corrected chi connectivity index (χ4v) is 3.19. The number of nitrogens with one attached hydrogen (secondary N) is 1. The summed E-state index contributed by atoms with van der Waals surface area (Å²) in [5, 5.41) is 11.7. The number of fused-ring (bicyclic) bond motifs is 1. The van der Waals surface area contributed by atoms with Crippen LogP contribution >= 0.6 is 0 Å². The molecule has 1 aromatic carbocycles. The molecule has 2 N–H and O–H groups in total. The van der Waals surface area contributed by atoms with Gasteiger partial charge in [0.05, 0.1) is 6.61 Å². The minimum atomic E-state index is -0.848. The molecule has 2 aliphatic rings. The average Bonchev–Trinajstić information content (AvgIpc) is 2.54. The van der Waals surface area contributed by atoms with Gasteiger partial charge in [0.15, 0.2) is 0 Å². The van der Waals surface area contributed by atoms with Crippen molar-refractivity contribution in [2.45, 2.75) is 25.6 Å². The van der Waals surface area contributed by atoms with Gasteiger partial charge in [-0.15, -0.1) is 0 Å². The molecule has 2 saturated heterocycles. The van der Waals surface area contributed by atoms with E-state index in [-0.39, 0.29) is 17.6 Å². The van der Waals surface area contributed by atoms with Crippen molar-refractivity contribution in [1.29, 1.82) is 0 Å². The highest BCUT2D eigenvalue weighted by Gasteiger charge is 2.43. The van der Waals surface area contributed by atoms with Crippen LogP contribution in [-0.2, 0) is 16.1 Å². The molecule has 2 amide bonds. The number of hydrogen-bond acceptors (Lipinski definition) is 4. The van der Waals surface area contributed by atoms with Crippen molar-refractivity contribution in [3.63, 3.8) is 0 Å². The molecular weight excluding hydrogens is 301 g/mol. The molecule has 23 heavy (non-hydrogen) atoms. The van der Waals surface area contributed by atoms with Crippen LogP contribution in [0.5, 0.6) is 0 Å². The Morgan fingerprint density at radius 1 is 1.35 bits per heavy atom. The number of benzene rings is 1. The summed E-state index contributed by atoms with van der Waals surface area (Å²) in [6.45, 7) is 3.25. The van der Waals surface area contributed by atoms with Gasteiger partial charge in [-0.3, -0.25) is 14.5 Å². The maximum atomic E-state index is 13.9. The van der Waals surface area contributed by atoms with Crippen molar-refractivity contribution in [2.75, 3.05) is 26.2 Å². The summed E-state index contributed by atoms with van der Waals surface area (Å²) in [6, 6.07) is 3.55. The fourth-order valence-electron chi connectivity index (χ4n) is 3.19. The van der Waals surface area contributed by atoms with E-state index >= 15 is 0 Å². The van der Waals surface area contributed by atoms with Gasteiger partial charge in [-0.1, -0.05) is 17.7 Å². The van der Waals surface area contributed by atoms with Gasteiger partial charge in [0, 0.05) is 31.7 Å². The van der Waals surface area contributed by atoms with E-state index < -0.39 is 18.7 Å². The first-order valence-electron chi connectivity index (χ1n) is 7.68. The molecule has 6 nitrogen and oxygen atoms in total. The molecular formula is C16H20FN3O3. The third kappa shape index (κ3) is 3.07. The lowest BCUT2D eigenvalue weighted by molar-refractivity contribution is -0.154. The third-order valence-corrected chi connectivity index (χ3v) is 4.44. The third-order valence-electron chi connectivity index (χ3n) is 4.44. The van der Waals surface area contributed by atoms with E-state index in [0.717, 1.165) is 5.56 Å². The summed E-state index contributed by atoms with van der Waals surface area (Å²) in [5.74, 6) is -0.779. The molecule has 0 radical (unpaired) electrons. The Morgan fingerprint density at radius 2 is 2.13 bits per heavy atom. The number of aryl methyl sites for hydroxylation is 1. The maximum Gasteiger partial charge on any atom is 0.248 e. The van der Waals surface area contributed by atoms with Crippen LogP contribution in [0.25, 0.3) is 0 Å². The highest BCUT2D eigenvalue weighted by molar-refractivity contribution is 5.97. The lowest BCUT2D eigenvalue weighted by Crippen LogP contribution is -2.69. The monoisotopic (exact) mass is 321 g/mol. The number of aliphatic hydroxyl groups is 1. The summed E-state index contributed by atoms with van der Waals surface area (Å²) >= 11 is 0. The van der Waals surface area contributed by atoms with Crippen molar-refractivity contribution in [1.82, 2.24) is 15.1 Å². The zero-order valence-electron chi connectivity index (χ0n) is 13.0. The van der Waals surface area contributed by atoms with E-state index in [2.05, 4.69) is 5.32 Å². The minimum absolute atomic E-state index is 0.251. The fraction of sp³-hybridized carbons (Fsp3) is 0.500. The Labute approximate surface area is 133 Å². The molecule has 2 aliphatic heterocycles. The molecule has 2 atom stereocenters. The minimum Gasteiger partial charge on any atom is -0.394 e. The van der Waals surface area contributed by atoms with E-state index in [9.17, 15) is 14.0 Å². The number of amides is 2. The first kappa shape index (κ1) is 15.9. The van der Waals surface area contributed by atoms with Crippen molar-refractivity contribution in [2.24, 2.45) is 0 Å². The topological polar surface area (TPSA) is 72.9 Å². The van der Waals surface area contributed by atoms with Crippen LogP contribution in [-0.4, -0.2) is 65.0 Å². The summed E-state index contributed by atoms with van der Waals surface area (Å²) in [5.41, 5.74) is 1.57. The summed E-state index contributed by atoms with van der Waals surface area (Å²) in [4.78, 5) is 27.8. The normalized spacial score (nSPS) is 25.3. The number of hydrogen-bond donors (Lipinski definition) is 2. The van der Waals surface area contributed by atoms with Gasteiger partial charge in [0.25, 0.3) is 0 Å².